The molecule has 2 fully saturated rings. The van der Waals surface area contributed by atoms with E-state index < -0.39 is 103 Å². The van der Waals surface area contributed by atoms with Gasteiger partial charge < -0.3 is 53.4 Å². The molecule has 0 aliphatic carbocycles. The van der Waals surface area contributed by atoms with Gasteiger partial charge in [0.05, 0.1) is 25.2 Å². The van der Waals surface area contributed by atoms with E-state index in [2.05, 4.69) is 42.5 Å². The van der Waals surface area contributed by atoms with E-state index in [1.54, 1.807) is 27.7 Å². The highest BCUT2D eigenvalue weighted by molar-refractivity contribution is 8.00. The molecule has 0 bridgehead atoms. The third kappa shape index (κ3) is 19.7. The lowest BCUT2D eigenvalue weighted by atomic mass is 9.92. The van der Waals surface area contributed by atoms with Gasteiger partial charge in [-0.25, -0.2) is 10.3 Å². The summed E-state index contributed by atoms with van der Waals surface area (Å²) in [6, 6.07) is -3.50. The van der Waals surface area contributed by atoms with E-state index in [1.807, 2.05) is 11.8 Å². The Labute approximate surface area is 365 Å². The molecule has 2 aliphatic rings. The van der Waals surface area contributed by atoms with Crippen molar-refractivity contribution >= 4 is 71.0 Å². The van der Waals surface area contributed by atoms with Crippen LogP contribution in [0, 0.1) is 17.8 Å². The average molecular weight is 899 g/mol. The first-order valence-corrected chi connectivity index (χ1v) is 22.2. The average Bonchev–Trinajstić information content (AvgIpc) is 3.78. The van der Waals surface area contributed by atoms with Crippen molar-refractivity contribution in [2.75, 3.05) is 25.4 Å². The van der Waals surface area contributed by atoms with Crippen molar-refractivity contribution in [2.45, 2.75) is 140 Å². The van der Waals surface area contributed by atoms with E-state index in [0.29, 0.717) is 37.5 Å². The largest absolute Gasteiger partial charge is 0.481 e. The lowest BCUT2D eigenvalue weighted by molar-refractivity contribution is -0.139. The number of nitrogens with one attached hydrogen (secondary N) is 9. The van der Waals surface area contributed by atoms with Gasteiger partial charge in [0.25, 0.3) is 0 Å². The van der Waals surface area contributed by atoms with Crippen molar-refractivity contribution in [1.82, 2.24) is 48.0 Å². The summed E-state index contributed by atoms with van der Waals surface area (Å²) in [7, 11) is 0. The molecular formula is C39H66N10O12S. The number of carbonyl (C=O) groups excluding carboxylic acids is 9. The molecule has 2 aliphatic heterocycles. The number of primary amides is 1. The van der Waals surface area contributed by atoms with Crippen LogP contribution in [0.3, 0.4) is 0 Å². The maximum atomic E-state index is 13.4. The molecule has 0 spiro atoms. The Kier molecular flexibility index (Phi) is 23.6. The van der Waals surface area contributed by atoms with Crippen LogP contribution in [0.2, 0.25) is 0 Å². The summed E-state index contributed by atoms with van der Waals surface area (Å²) in [6.07, 6.45) is 3.39. The molecule has 0 saturated carbocycles. The highest BCUT2D eigenvalue weighted by atomic mass is 32.2. The van der Waals surface area contributed by atoms with Crippen LogP contribution < -0.4 is 53.7 Å². The maximum absolute atomic E-state index is 13.4. The molecule has 22 nitrogen and oxygen atoms in total. The number of thioether (sulfide) groups is 1. The highest BCUT2D eigenvalue weighted by Crippen LogP contribution is 2.33. The Hall–Kier alpha value is -5.19. The van der Waals surface area contributed by atoms with E-state index in [9.17, 15) is 53.1 Å². The number of fused-ring (bicyclic) bond motifs is 1. The van der Waals surface area contributed by atoms with Crippen molar-refractivity contribution < 1.29 is 58.3 Å². The molecule has 0 aromatic carbocycles. The van der Waals surface area contributed by atoms with Gasteiger partial charge in [0.15, 0.2) is 0 Å². The Balaban J connectivity index is 1.78. The molecular weight excluding hydrogens is 833 g/mol. The molecule has 23 heteroatoms. The topological polar surface area (TPSA) is 345 Å². The maximum Gasteiger partial charge on any atom is 0.315 e. The van der Waals surface area contributed by atoms with Gasteiger partial charge in [-0.3, -0.25) is 48.4 Å². The number of carboxylic acids is 1. The van der Waals surface area contributed by atoms with Crippen LogP contribution in [0.1, 0.15) is 105 Å². The lowest BCUT2D eigenvalue weighted by Gasteiger charge is -2.27. The first-order chi connectivity index (χ1) is 29.3. The van der Waals surface area contributed by atoms with Crippen LogP contribution in [0.4, 0.5) is 4.79 Å². The quantitative estimate of drug-likeness (QED) is 0.0172. The fraction of sp³-hybridized carbons (Fsp3) is 0.744. The molecule has 13 N–H and O–H groups in total. The second-order valence-corrected chi connectivity index (χ2v) is 17.4. The number of rotatable bonds is 30. The second-order valence-electron chi connectivity index (χ2n) is 16.2. The predicted octanol–water partition coefficient (Wildman–Crippen LogP) is -1.36. The Bertz CT molecular complexity index is 1590. The SMILES string of the molecule is CC[C@H](C)[C@H](NC(=O)[C@H](CCC(=O)O)NC(=O)C(CC(=O)NO)CC(C)C)C(=O)NCC(=O)NCC(=O)N[C@@H](CCCCNC(=O)CCCC[C@@H]1SC[C@@H]2NC(=O)N[C@@H]21)C(N)=O. The van der Waals surface area contributed by atoms with Crippen molar-refractivity contribution in [3.8, 4) is 0 Å². The standard InChI is InChI=1S/C39H66N10O12S/c1-5-22(4)33(47-37(58)25(13-14-32(54)55)45-36(57)23(16-21(2)3)17-29(51)49-61)38(59)43-18-30(52)42-19-31(53)44-24(35(40)56)10-8-9-15-41-28(50)12-7-6-11-27-34-26(20-62-27)46-39(60)48-34/h21-27,33-34,61H,5-20H2,1-4H3,(H2,40,56)(H,41,50)(H,42,52)(H,43,59)(H,44,53)(H,45,57)(H,47,58)(H,49,51)(H,54,55)(H2,46,48,60)/t22-,23?,24-,25-,26-,27-,33-,34-/m0/s1. The Morgan fingerprint density at radius 1 is 0.774 bits per heavy atom. The molecule has 62 heavy (non-hydrogen) atoms. The van der Waals surface area contributed by atoms with Crippen LogP contribution in [-0.4, -0.2) is 130 Å². The monoisotopic (exact) mass is 898 g/mol. The number of carbonyl (C=O) groups is 10. The van der Waals surface area contributed by atoms with Gasteiger partial charge >= 0.3 is 12.0 Å². The van der Waals surface area contributed by atoms with Gasteiger partial charge in [-0.15, -0.1) is 0 Å². The van der Waals surface area contributed by atoms with Gasteiger partial charge in [-0.05, 0) is 56.8 Å². The lowest BCUT2D eigenvalue weighted by Crippen LogP contribution is -2.57. The summed E-state index contributed by atoms with van der Waals surface area (Å²) in [5.74, 6) is -7.41. The minimum atomic E-state index is -1.41. The van der Waals surface area contributed by atoms with Gasteiger partial charge in [0.2, 0.25) is 47.3 Å². The molecule has 1 unspecified atom stereocenters. The molecule has 2 heterocycles. The first-order valence-electron chi connectivity index (χ1n) is 21.2. The second kappa shape index (κ2) is 27.7. The van der Waals surface area contributed by atoms with E-state index in [0.717, 1.165) is 25.0 Å². The third-order valence-electron chi connectivity index (χ3n) is 10.6. The number of aliphatic carboxylic acids is 1. The number of hydroxylamine groups is 1. The number of nitrogens with two attached hydrogens (primary N) is 1. The zero-order valence-electron chi connectivity index (χ0n) is 36.0. The molecule has 2 saturated heterocycles. The summed E-state index contributed by atoms with van der Waals surface area (Å²) < 4.78 is 0. The molecule has 2 rings (SSSR count). The van der Waals surface area contributed by atoms with Crippen molar-refractivity contribution in [1.29, 1.82) is 0 Å². The van der Waals surface area contributed by atoms with Gasteiger partial charge in [0, 0.05) is 42.7 Å². The van der Waals surface area contributed by atoms with Crippen LogP contribution >= 0.6 is 11.8 Å². The summed E-state index contributed by atoms with van der Waals surface area (Å²) in [5.41, 5.74) is 6.94. The van der Waals surface area contributed by atoms with Crippen LogP contribution in [0.25, 0.3) is 0 Å². The summed E-state index contributed by atoms with van der Waals surface area (Å²) >= 11 is 1.83. The summed E-state index contributed by atoms with van der Waals surface area (Å²) in [4.78, 5) is 124. The summed E-state index contributed by atoms with van der Waals surface area (Å²) in [6.45, 7) is 6.24. The summed E-state index contributed by atoms with van der Waals surface area (Å²) in [5, 5.41) is 39.5. The predicted molar refractivity (Wildman–Crippen MR) is 226 cm³/mol. The zero-order chi connectivity index (χ0) is 46.4. The molecule has 10 amide bonds. The molecule has 0 aromatic rings. The van der Waals surface area contributed by atoms with E-state index in [-0.39, 0.29) is 49.2 Å². The van der Waals surface area contributed by atoms with Crippen LogP contribution in [0.5, 0.6) is 0 Å². The number of hydrogen-bond donors (Lipinski definition) is 12. The van der Waals surface area contributed by atoms with Crippen molar-refractivity contribution in [3.05, 3.63) is 0 Å². The minimum Gasteiger partial charge on any atom is -0.481 e. The van der Waals surface area contributed by atoms with Crippen LogP contribution in [-0.2, 0) is 43.2 Å². The number of amides is 10. The molecule has 350 valence electrons. The number of urea groups is 1. The number of unbranched alkanes of at least 4 members (excludes halogenated alkanes) is 2. The Morgan fingerprint density at radius 2 is 1.48 bits per heavy atom. The number of carboxylic acid groups (broad SMARTS) is 1. The van der Waals surface area contributed by atoms with Gasteiger partial charge in [0.1, 0.15) is 18.1 Å². The molecule has 0 radical (unpaired) electrons. The zero-order valence-corrected chi connectivity index (χ0v) is 36.8. The Morgan fingerprint density at radius 3 is 2.13 bits per heavy atom. The van der Waals surface area contributed by atoms with Crippen molar-refractivity contribution in [2.24, 2.45) is 23.5 Å². The van der Waals surface area contributed by atoms with E-state index in [1.165, 1.54) is 5.48 Å². The first kappa shape index (κ1) is 52.9. The smallest absolute Gasteiger partial charge is 0.315 e. The number of hydrogen-bond acceptors (Lipinski definition) is 12. The third-order valence-corrected chi connectivity index (χ3v) is 12.1. The minimum absolute atomic E-state index is 0.0514. The van der Waals surface area contributed by atoms with Crippen LogP contribution in [0.15, 0.2) is 0 Å². The molecule has 0 aromatic heterocycles. The van der Waals surface area contributed by atoms with E-state index in [4.69, 9.17) is 10.9 Å². The van der Waals surface area contributed by atoms with Gasteiger partial charge in [-0.1, -0.05) is 40.5 Å². The van der Waals surface area contributed by atoms with Gasteiger partial charge in [-0.2, -0.15) is 11.8 Å². The normalized spacial score (nSPS) is 18.9. The van der Waals surface area contributed by atoms with Crippen molar-refractivity contribution in [3.63, 3.8) is 0 Å². The fourth-order valence-corrected chi connectivity index (χ4v) is 8.56. The molecule has 8 atom stereocenters. The highest BCUT2D eigenvalue weighted by Gasteiger charge is 2.42. The van der Waals surface area contributed by atoms with E-state index >= 15 is 0 Å². The fourth-order valence-electron chi connectivity index (χ4n) is 7.02.